The Balaban J connectivity index is 2.10. The Morgan fingerprint density at radius 1 is 1.48 bits per heavy atom. The second-order valence-corrected chi connectivity index (χ2v) is 5.69. The van der Waals surface area contributed by atoms with Crippen molar-refractivity contribution in [3.05, 3.63) is 28.8 Å². The van der Waals surface area contributed by atoms with Gasteiger partial charge in [-0.15, -0.1) is 0 Å². The quantitative estimate of drug-likeness (QED) is 0.339. The Kier molecular flexibility index (Phi) is 4.90. The van der Waals surface area contributed by atoms with Gasteiger partial charge < -0.3 is 21.2 Å². The lowest BCUT2D eigenvalue weighted by Gasteiger charge is -2.30. The molecular formula is C14H19ClN4O2. The van der Waals surface area contributed by atoms with Gasteiger partial charge in [0.15, 0.2) is 5.84 Å². The molecule has 1 fully saturated rings. The highest BCUT2D eigenvalue weighted by molar-refractivity contribution is 6.33. The Morgan fingerprint density at radius 3 is 2.76 bits per heavy atom. The fraction of sp³-hybridized carbons (Fsp3) is 0.429. The molecule has 1 aliphatic heterocycles. The summed E-state index contributed by atoms with van der Waals surface area (Å²) in [7, 11) is 0. The predicted octanol–water partition coefficient (Wildman–Crippen LogP) is 2.70. The zero-order chi connectivity index (χ0) is 15.4. The molecule has 1 saturated heterocycles. The molecule has 0 atom stereocenters. The zero-order valence-corrected chi connectivity index (χ0v) is 12.6. The van der Waals surface area contributed by atoms with Crippen molar-refractivity contribution in [3.63, 3.8) is 0 Å². The highest BCUT2D eigenvalue weighted by Gasteiger charge is 2.21. The maximum atomic E-state index is 12.2. The molecule has 21 heavy (non-hydrogen) atoms. The highest BCUT2D eigenvalue weighted by atomic mass is 35.5. The number of hydrogen-bond acceptors (Lipinski definition) is 3. The van der Waals surface area contributed by atoms with Gasteiger partial charge in [0.05, 0.1) is 10.7 Å². The van der Waals surface area contributed by atoms with Gasteiger partial charge in [-0.1, -0.05) is 23.7 Å². The van der Waals surface area contributed by atoms with E-state index in [-0.39, 0.29) is 11.9 Å². The molecule has 0 aliphatic carbocycles. The number of rotatable bonds is 2. The molecular weight excluding hydrogens is 292 g/mol. The van der Waals surface area contributed by atoms with Crippen LogP contribution in [0, 0.1) is 5.92 Å². The first-order valence-corrected chi connectivity index (χ1v) is 7.22. The molecule has 1 aromatic rings. The summed E-state index contributed by atoms with van der Waals surface area (Å²) < 4.78 is 0. The van der Waals surface area contributed by atoms with Crippen molar-refractivity contribution >= 4 is 29.2 Å². The molecule has 1 aromatic carbocycles. The average Bonchev–Trinajstić information content (AvgIpc) is 2.49. The van der Waals surface area contributed by atoms with Gasteiger partial charge >= 0.3 is 6.03 Å². The average molecular weight is 311 g/mol. The zero-order valence-electron chi connectivity index (χ0n) is 11.8. The lowest BCUT2D eigenvalue weighted by atomic mass is 10.00. The van der Waals surface area contributed by atoms with E-state index >= 15 is 0 Å². The first-order chi connectivity index (χ1) is 10.0. The van der Waals surface area contributed by atoms with Crippen LogP contribution in [0.3, 0.4) is 0 Å². The fourth-order valence-electron chi connectivity index (χ4n) is 2.24. The molecule has 2 rings (SSSR count). The number of benzene rings is 1. The summed E-state index contributed by atoms with van der Waals surface area (Å²) >= 11 is 6.07. The maximum absolute atomic E-state index is 12.2. The molecule has 0 spiro atoms. The Labute approximate surface area is 128 Å². The number of nitrogens with one attached hydrogen (secondary N) is 1. The van der Waals surface area contributed by atoms with E-state index in [1.807, 2.05) is 0 Å². The van der Waals surface area contributed by atoms with Crippen molar-refractivity contribution in [2.45, 2.75) is 19.8 Å². The van der Waals surface area contributed by atoms with Crippen LogP contribution in [-0.4, -0.2) is 35.1 Å². The second-order valence-electron chi connectivity index (χ2n) is 5.28. The third kappa shape index (κ3) is 3.78. The largest absolute Gasteiger partial charge is 0.409 e. The van der Waals surface area contributed by atoms with Crippen LogP contribution in [0.5, 0.6) is 0 Å². The Morgan fingerprint density at radius 2 is 2.14 bits per heavy atom. The summed E-state index contributed by atoms with van der Waals surface area (Å²) in [5.74, 6) is 0.621. The van der Waals surface area contributed by atoms with Crippen LogP contribution in [-0.2, 0) is 0 Å². The molecule has 0 bridgehead atoms. The van der Waals surface area contributed by atoms with Gasteiger partial charge in [0.1, 0.15) is 0 Å². The minimum atomic E-state index is -0.180. The summed E-state index contributed by atoms with van der Waals surface area (Å²) in [6.45, 7) is 3.67. The van der Waals surface area contributed by atoms with E-state index in [4.69, 9.17) is 22.5 Å². The number of nitrogens with zero attached hydrogens (tertiary/aromatic N) is 2. The van der Waals surface area contributed by atoms with Gasteiger partial charge in [-0.25, -0.2) is 4.79 Å². The van der Waals surface area contributed by atoms with Crippen LogP contribution >= 0.6 is 11.6 Å². The van der Waals surface area contributed by atoms with Crippen molar-refractivity contribution < 1.29 is 10.0 Å². The molecule has 6 nitrogen and oxygen atoms in total. The fourth-order valence-corrected chi connectivity index (χ4v) is 2.41. The molecule has 0 unspecified atom stereocenters. The number of urea groups is 1. The van der Waals surface area contributed by atoms with Crippen LogP contribution in [0.2, 0.25) is 5.02 Å². The number of carbonyl (C=O) groups is 1. The molecule has 0 aromatic heterocycles. The normalized spacial score (nSPS) is 16.9. The van der Waals surface area contributed by atoms with Crippen LogP contribution in [0.4, 0.5) is 10.5 Å². The molecule has 114 valence electrons. The number of amides is 2. The van der Waals surface area contributed by atoms with E-state index < -0.39 is 0 Å². The lowest BCUT2D eigenvalue weighted by Crippen LogP contribution is -2.40. The first kappa shape index (κ1) is 15.4. The number of hydrogen-bond donors (Lipinski definition) is 3. The van der Waals surface area contributed by atoms with Crippen LogP contribution < -0.4 is 11.1 Å². The monoisotopic (exact) mass is 310 g/mol. The van der Waals surface area contributed by atoms with Crippen molar-refractivity contribution in [1.29, 1.82) is 0 Å². The van der Waals surface area contributed by atoms with Crippen molar-refractivity contribution in [1.82, 2.24) is 4.90 Å². The minimum absolute atomic E-state index is 0.0334. The van der Waals surface area contributed by atoms with Crippen LogP contribution in [0.25, 0.3) is 0 Å². The van der Waals surface area contributed by atoms with Crippen molar-refractivity contribution in [2.24, 2.45) is 16.8 Å². The minimum Gasteiger partial charge on any atom is -0.409 e. The van der Waals surface area contributed by atoms with Gasteiger partial charge in [-0.2, -0.15) is 0 Å². The first-order valence-electron chi connectivity index (χ1n) is 6.84. The summed E-state index contributed by atoms with van der Waals surface area (Å²) in [5.41, 5.74) is 6.47. The SMILES string of the molecule is CC1CCN(C(=O)Nc2cc(/C(N)=N/O)ccc2Cl)CC1. The highest BCUT2D eigenvalue weighted by Crippen LogP contribution is 2.24. The van der Waals surface area contributed by atoms with E-state index in [2.05, 4.69) is 17.4 Å². The third-order valence-corrected chi connectivity index (χ3v) is 4.01. The molecule has 4 N–H and O–H groups in total. The smallest absolute Gasteiger partial charge is 0.321 e. The summed E-state index contributed by atoms with van der Waals surface area (Å²) in [5, 5.41) is 14.8. The number of likely N-dealkylation sites (tertiary alicyclic amines) is 1. The second kappa shape index (κ2) is 6.67. The topological polar surface area (TPSA) is 91.0 Å². The van der Waals surface area contributed by atoms with Gasteiger partial charge in [0, 0.05) is 18.7 Å². The lowest BCUT2D eigenvalue weighted by molar-refractivity contribution is 0.186. The van der Waals surface area contributed by atoms with E-state index in [1.165, 1.54) is 0 Å². The molecule has 1 heterocycles. The van der Waals surface area contributed by atoms with Crippen molar-refractivity contribution in [2.75, 3.05) is 18.4 Å². The van der Waals surface area contributed by atoms with E-state index in [0.717, 1.165) is 25.9 Å². The third-order valence-electron chi connectivity index (χ3n) is 3.68. The molecule has 1 aliphatic rings. The van der Waals surface area contributed by atoms with Crippen molar-refractivity contribution in [3.8, 4) is 0 Å². The Bertz CT molecular complexity index is 554. The maximum Gasteiger partial charge on any atom is 0.321 e. The number of anilines is 1. The molecule has 0 radical (unpaired) electrons. The van der Waals surface area contributed by atoms with Gasteiger partial charge in [0.2, 0.25) is 0 Å². The summed E-state index contributed by atoms with van der Waals surface area (Å²) in [6, 6.07) is 4.63. The van der Waals surface area contributed by atoms with Crippen LogP contribution in [0.1, 0.15) is 25.3 Å². The van der Waals surface area contributed by atoms with E-state index in [1.54, 1.807) is 23.1 Å². The van der Waals surface area contributed by atoms with Gasteiger partial charge in [-0.3, -0.25) is 0 Å². The van der Waals surface area contributed by atoms with E-state index in [0.29, 0.717) is 22.2 Å². The molecule has 0 saturated carbocycles. The molecule has 7 heteroatoms. The van der Waals surface area contributed by atoms with E-state index in [9.17, 15) is 4.79 Å². The predicted molar refractivity (Wildman–Crippen MR) is 83.0 cm³/mol. The number of carbonyl (C=O) groups excluding carboxylic acids is 1. The number of nitrogens with two attached hydrogens (primary N) is 1. The number of halogens is 1. The Hall–Kier alpha value is -1.95. The summed E-state index contributed by atoms with van der Waals surface area (Å²) in [4.78, 5) is 14.0. The standard InChI is InChI=1S/C14H19ClN4O2/c1-9-4-6-19(7-5-9)14(20)17-12-8-10(13(16)18-21)2-3-11(12)15/h2-3,8-9,21H,4-7H2,1H3,(H2,16,18)(H,17,20). The number of oxime groups is 1. The number of amidine groups is 1. The number of piperidine rings is 1. The molecule has 2 amide bonds. The van der Waals surface area contributed by atoms with Gasteiger partial charge in [0.25, 0.3) is 0 Å². The van der Waals surface area contributed by atoms with Crippen LogP contribution in [0.15, 0.2) is 23.4 Å². The van der Waals surface area contributed by atoms with Gasteiger partial charge in [-0.05, 0) is 37.0 Å². The summed E-state index contributed by atoms with van der Waals surface area (Å²) in [6.07, 6.45) is 2.01.